The summed E-state index contributed by atoms with van der Waals surface area (Å²) in [5, 5.41) is 10.0. The summed E-state index contributed by atoms with van der Waals surface area (Å²) in [6, 6.07) is 10.2. The molecular weight excluding hydrogens is 262 g/mol. The Morgan fingerprint density at radius 1 is 1.19 bits per heavy atom. The van der Waals surface area contributed by atoms with Gasteiger partial charge in [-0.15, -0.1) is 0 Å². The Morgan fingerprint density at radius 3 is 2.62 bits per heavy atom. The quantitative estimate of drug-likeness (QED) is 0.769. The van der Waals surface area contributed by atoms with Gasteiger partial charge in [0.25, 0.3) is 5.56 Å². The van der Waals surface area contributed by atoms with Crippen LogP contribution < -0.4 is 10.9 Å². The van der Waals surface area contributed by atoms with E-state index in [0.717, 1.165) is 42.6 Å². The van der Waals surface area contributed by atoms with E-state index >= 15 is 0 Å². The molecule has 0 aliphatic heterocycles. The van der Waals surface area contributed by atoms with Crippen LogP contribution in [0.25, 0.3) is 11.3 Å². The third-order valence-electron chi connectivity index (χ3n) is 3.56. The second-order valence-corrected chi connectivity index (χ2v) is 5.19. The average Bonchev–Trinajstić information content (AvgIpc) is 2.53. The maximum atomic E-state index is 11.8. The zero-order valence-electron chi connectivity index (χ0n) is 12.8. The summed E-state index contributed by atoms with van der Waals surface area (Å²) in [5.41, 5.74) is 3.75. The highest BCUT2D eigenvalue weighted by Crippen LogP contribution is 2.17. The van der Waals surface area contributed by atoms with Crippen molar-refractivity contribution in [1.29, 1.82) is 0 Å². The molecule has 0 atom stereocenters. The third kappa shape index (κ3) is 4.26. The molecule has 0 fully saturated rings. The first-order valence-electron chi connectivity index (χ1n) is 7.63. The van der Waals surface area contributed by atoms with Crippen LogP contribution in [0.4, 0.5) is 0 Å². The zero-order valence-corrected chi connectivity index (χ0v) is 12.8. The molecule has 0 radical (unpaired) electrons. The van der Waals surface area contributed by atoms with Crippen LogP contribution in [0.5, 0.6) is 0 Å². The van der Waals surface area contributed by atoms with Gasteiger partial charge in [0.15, 0.2) is 0 Å². The van der Waals surface area contributed by atoms with E-state index < -0.39 is 0 Å². The van der Waals surface area contributed by atoms with E-state index in [4.69, 9.17) is 0 Å². The Balaban J connectivity index is 2.15. The van der Waals surface area contributed by atoms with Gasteiger partial charge in [-0.3, -0.25) is 4.79 Å². The molecule has 0 aliphatic carbocycles. The van der Waals surface area contributed by atoms with E-state index in [9.17, 15) is 4.79 Å². The molecule has 0 saturated carbocycles. The third-order valence-corrected chi connectivity index (χ3v) is 3.56. The average molecular weight is 285 g/mol. The Kier molecular flexibility index (Phi) is 5.69. The highest BCUT2D eigenvalue weighted by Gasteiger charge is 2.05. The summed E-state index contributed by atoms with van der Waals surface area (Å²) in [4.78, 5) is 11.8. The topological polar surface area (TPSA) is 57.8 Å². The molecule has 2 aromatic rings. The number of hydrogen-bond donors (Lipinski definition) is 2. The van der Waals surface area contributed by atoms with Crippen molar-refractivity contribution in [3.05, 3.63) is 51.8 Å². The lowest BCUT2D eigenvalue weighted by atomic mass is 10.1. The molecule has 4 heteroatoms. The fraction of sp³-hybridized carbons (Fsp3) is 0.412. The number of benzene rings is 1. The molecule has 21 heavy (non-hydrogen) atoms. The van der Waals surface area contributed by atoms with E-state index in [1.54, 1.807) is 0 Å². The van der Waals surface area contributed by atoms with Crippen molar-refractivity contribution in [3.63, 3.8) is 0 Å². The molecule has 1 aromatic carbocycles. The molecule has 0 unspecified atom stereocenters. The minimum Gasteiger partial charge on any atom is -0.312 e. The summed E-state index contributed by atoms with van der Waals surface area (Å²) in [5.74, 6) is 0. The maximum absolute atomic E-state index is 11.8. The van der Waals surface area contributed by atoms with Crippen molar-refractivity contribution in [2.45, 2.75) is 39.7 Å². The largest absolute Gasteiger partial charge is 0.312 e. The molecular formula is C17H23N3O. The lowest BCUT2D eigenvalue weighted by Crippen LogP contribution is -2.22. The van der Waals surface area contributed by atoms with Gasteiger partial charge < -0.3 is 5.32 Å². The van der Waals surface area contributed by atoms with Crippen molar-refractivity contribution in [3.8, 4) is 11.3 Å². The van der Waals surface area contributed by atoms with Gasteiger partial charge in [-0.1, -0.05) is 44.5 Å². The molecule has 2 rings (SSSR count). The van der Waals surface area contributed by atoms with E-state index in [1.165, 1.54) is 5.56 Å². The zero-order chi connectivity index (χ0) is 15.1. The van der Waals surface area contributed by atoms with Gasteiger partial charge in [-0.2, -0.15) is 5.10 Å². The number of nitrogens with zero attached hydrogens (tertiary/aromatic N) is 1. The highest BCUT2D eigenvalue weighted by atomic mass is 16.1. The van der Waals surface area contributed by atoms with Crippen molar-refractivity contribution < 1.29 is 0 Å². The van der Waals surface area contributed by atoms with Crippen LogP contribution in [0.2, 0.25) is 0 Å². The fourth-order valence-corrected chi connectivity index (χ4v) is 2.16. The molecule has 4 nitrogen and oxygen atoms in total. The van der Waals surface area contributed by atoms with Gasteiger partial charge in [0.2, 0.25) is 0 Å². The lowest BCUT2D eigenvalue weighted by molar-refractivity contribution is 0.636. The van der Waals surface area contributed by atoms with Gasteiger partial charge >= 0.3 is 0 Å². The minimum absolute atomic E-state index is 0.118. The number of H-pyrrole nitrogens is 1. The Bertz CT molecular complexity index is 617. The van der Waals surface area contributed by atoms with Crippen LogP contribution in [0, 0.1) is 0 Å². The summed E-state index contributed by atoms with van der Waals surface area (Å²) in [6.07, 6.45) is 3.29. The van der Waals surface area contributed by atoms with Crippen molar-refractivity contribution in [1.82, 2.24) is 15.5 Å². The van der Waals surface area contributed by atoms with Crippen LogP contribution in [0.1, 0.15) is 37.8 Å². The molecule has 1 aromatic heterocycles. The summed E-state index contributed by atoms with van der Waals surface area (Å²) < 4.78 is 0. The molecule has 1 heterocycles. The van der Waals surface area contributed by atoms with Gasteiger partial charge in [0, 0.05) is 17.7 Å². The van der Waals surface area contributed by atoms with Crippen LogP contribution >= 0.6 is 0 Å². The summed E-state index contributed by atoms with van der Waals surface area (Å²) in [6.45, 7) is 5.79. The summed E-state index contributed by atoms with van der Waals surface area (Å²) in [7, 11) is 0. The van der Waals surface area contributed by atoms with Gasteiger partial charge in [-0.05, 0) is 31.0 Å². The van der Waals surface area contributed by atoms with E-state index in [0.29, 0.717) is 6.54 Å². The normalized spacial score (nSPS) is 10.8. The predicted octanol–water partition coefficient (Wildman–Crippen LogP) is 2.89. The van der Waals surface area contributed by atoms with E-state index in [-0.39, 0.29) is 5.56 Å². The van der Waals surface area contributed by atoms with Crippen molar-refractivity contribution >= 4 is 0 Å². The molecule has 0 spiro atoms. The minimum atomic E-state index is -0.118. The number of unbranched alkanes of at least 4 members (excludes halogenated alkanes) is 1. The van der Waals surface area contributed by atoms with Crippen molar-refractivity contribution in [2.75, 3.05) is 6.54 Å². The number of aromatic nitrogens is 2. The van der Waals surface area contributed by atoms with Crippen LogP contribution in [-0.4, -0.2) is 16.7 Å². The second kappa shape index (κ2) is 7.74. The molecule has 2 N–H and O–H groups in total. The molecule has 112 valence electrons. The fourth-order valence-electron chi connectivity index (χ4n) is 2.16. The Hall–Kier alpha value is -1.94. The number of nitrogens with one attached hydrogen (secondary N) is 2. The number of rotatable bonds is 7. The monoisotopic (exact) mass is 285 g/mol. The number of aryl methyl sites for hydroxylation is 1. The standard InChI is InChI=1S/C17H23N3O/c1-3-5-10-18-12-15-11-16(19-20-17(15)21)14-8-6-13(4-2)7-9-14/h6-9,11,18H,3-5,10,12H2,1-2H3,(H,20,21). The Labute approximate surface area is 125 Å². The van der Waals surface area contributed by atoms with E-state index in [1.807, 2.05) is 18.2 Å². The summed E-state index contributed by atoms with van der Waals surface area (Å²) >= 11 is 0. The smallest absolute Gasteiger partial charge is 0.268 e. The number of aromatic amines is 1. The highest BCUT2D eigenvalue weighted by molar-refractivity contribution is 5.59. The lowest BCUT2D eigenvalue weighted by Gasteiger charge is -2.06. The SMILES string of the molecule is CCCCNCc1cc(-c2ccc(CC)cc2)n[nH]c1=O. The maximum Gasteiger partial charge on any atom is 0.268 e. The van der Waals surface area contributed by atoms with Gasteiger partial charge in [0.1, 0.15) is 0 Å². The van der Waals surface area contributed by atoms with Crippen LogP contribution in [0.3, 0.4) is 0 Å². The first-order chi connectivity index (χ1) is 10.2. The Morgan fingerprint density at radius 2 is 1.95 bits per heavy atom. The molecule has 0 bridgehead atoms. The molecule has 0 aliphatic rings. The van der Waals surface area contributed by atoms with E-state index in [2.05, 4.69) is 41.5 Å². The first-order valence-corrected chi connectivity index (χ1v) is 7.63. The molecule has 0 saturated heterocycles. The predicted molar refractivity (Wildman–Crippen MR) is 86.3 cm³/mol. The number of hydrogen-bond acceptors (Lipinski definition) is 3. The van der Waals surface area contributed by atoms with Gasteiger partial charge in [0.05, 0.1) is 5.69 Å². The van der Waals surface area contributed by atoms with Crippen LogP contribution in [0.15, 0.2) is 35.1 Å². The second-order valence-electron chi connectivity index (χ2n) is 5.19. The van der Waals surface area contributed by atoms with Gasteiger partial charge in [-0.25, -0.2) is 5.10 Å². The first kappa shape index (κ1) is 15.4. The van der Waals surface area contributed by atoms with Crippen molar-refractivity contribution in [2.24, 2.45) is 0 Å². The molecule has 0 amide bonds. The van der Waals surface area contributed by atoms with Crippen LogP contribution in [-0.2, 0) is 13.0 Å².